The summed E-state index contributed by atoms with van der Waals surface area (Å²) in [7, 11) is 3.55. The number of hydrogen-bond donors (Lipinski definition) is 1. The number of rotatable bonds is 5. The molecule has 0 aliphatic carbocycles. The Bertz CT molecular complexity index is 521. The van der Waals surface area contributed by atoms with Crippen molar-refractivity contribution in [2.45, 2.75) is 19.9 Å². The Morgan fingerprint density at radius 2 is 2.22 bits per heavy atom. The van der Waals surface area contributed by atoms with Gasteiger partial charge in [-0.2, -0.15) is 5.10 Å². The summed E-state index contributed by atoms with van der Waals surface area (Å²) in [5.41, 5.74) is 3.07. The van der Waals surface area contributed by atoms with Crippen molar-refractivity contribution in [1.29, 1.82) is 0 Å². The molecular formula is C13H18N4O. The van der Waals surface area contributed by atoms with Gasteiger partial charge in [-0.05, 0) is 12.5 Å². The average molecular weight is 246 g/mol. The zero-order valence-electron chi connectivity index (χ0n) is 11.0. The fourth-order valence-corrected chi connectivity index (χ4v) is 1.80. The van der Waals surface area contributed by atoms with E-state index >= 15 is 0 Å². The van der Waals surface area contributed by atoms with E-state index in [9.17, 15) is 0 Å². The first-order chi connectivity index (χ1) is 8.72. The summed E-state index contributed by atoms with van der Waals surface area (Å²) in [6.45, 7) is 2.76. The fourth-order valence-electron chi connectivity index (χ4n) is 1.80. The first-order valence-corrected chi connectivity index (χ1v) is 5.99. The standard InChI is InChI=1S/C13H18N4O/c1-4-11-12(9-17(2)16-11)14-8-10-6-5-7-13(15-10)18-3/h5-7,9,14H,4,8H2,1-3H3. The molecule has 2 aromatic rings. The third kappa shape index (κ3) is 2.80. The molecule has 18 heavy (non-hydrogen) atoms. The quantitative estimate of drug-likeness (QED) is 0.876. The normalized spacial score (nSPS) is 10.4. The maximum absolute atomic E-state index is 5.10. The Labute approximate surface area is 107 Å². The zero-order valence-corrected chi connectivity index (χ0v) is 11.0. The van der Waals surface area contributed by atoms with E-state index in [1.165, 1.54) is 0 Å². The Morgan fingerprint density at radius 3 is 2.94 bits per heavy atom. The third-order valence-electron chi connectivity index (χ3n) is 2.69. The summed E-state index contributed by atoms with van der Waals surface area (Å²) in [4.78, 5) is 4.36. The molecule has 0 aliphatic rings. The van der Waals surface area contributed by atoms with Crippen LogP contribution in [0.2, 0.25) is 0 Å². The van der Waals surface area contributed by atoms with Gasteiger partial charge in [-0.15, -0.1) is 0 Å². The topological polar surface area (TPSA) is 52.0 Å². The number of nitrogens with one attached hydrogen (secondary N) is 1. The Balaban J connectivity index is 2.06. The van der Waals surface area contributed by atoms with Crippen LogP contribution in [0, 0.1) is 0 Å². The number of aryl methyl sites for hydroxylation is 2. The van der Waals surface area contributed by atoms with Crippen LogP contribution in [0.25, 0.3) is 0 Å². The monoisotopic (exact) mass is 246 g/mol. The number of ether oxygens (including phenoxy) is 1. The molecule has 0 fully saturated rings. The van der Waals surface area contributed by atoms with Gasteiger partial charge in [0.05, 0.1) is 30.7 Å². The summed E-state index contributed by atoms with van der Waals surface area (Å²) >= 11 is 0. The van der Waals surface area contributed by atoms with Gasteiger partial charge in [-0.25, -0.2) is 4.98 Å². The molecule has 0 unspecified atom stereocenters. The van der Waals surface area contributed by atoms with Crippen LogP contribution in [0.15, 0.2) is 24.4 Å². The van der Waals surface area contributed by atoms with Crippen LogP contribution in [-0.4, -0.2) is 21.9 Å². The predicted octanol–water partition coefficient (Wildman–Crippen LogP) is 2.00. The molecule has 0 aliphatic heterocycles. The van der Waals surface area contributed by atoms with Gasteiger partial charge < -0.3 is 10.1 Å². The number of anilines is 1. The maximum atomic E-state index is 5.10. The first kappa shape index (κ1) is 12.4. The molecule has 0 atom stereocenters. The van der Waals surface area contributed by atoms with Crippen LogP contribution in [0.4, 0.5) is 5.69 Å². The van der Waals surface area contributed by atoms with E-state index < -0.39 is 0 Å². The molecule has 1 N–H and O–H groups in total. The molecule has 0 bridgehead atoms. The summed E-state index contributed by atoms with van der Waals surface area (Å²) in [5.74, 6) is 0.635. The second-order valence-electron chi connectivity index (χ2n) is 4.04. The lowest BCUT2D eigenvalue weighted by atomic mass is 10.3. The summed E-state index contributed by atoms with van der Waals surface area (Å²) in [6.07, 6.45) is 2.90. The lowest BCUT2D eigenvalue weighted by Crippen LogP contribution is -2.03. The number of pyridine rings is 1. The minimum Gasteiger partial charge on any atom is -0.481 e. The van der Waals surface area contributed by atoms with E-state index in [1.807, 2.05) is 36.1 Å². The molecule has 2 aromatic heterocycles. The van der Waals surface area contributed by atoms with Gasteiger partial charge >= 0.3 is 0 Å². The van der Waals surface area contributed by atoms with Gasteiger partial charge in [-0.1, -0.05) is 13.0 Å². The van der Waals surface area contributed by atoms with E-state index in [2.05, 4.69) is 22.3 Å². The molecule has 0 aromatic carbocycles. The fraction of sp³-hybridized carbons (Fsp3) is 0.385. The van der Waals surface area contributed by atoms with Crippen LogP contribution in [0.3, 0.4) is 0 Å². The van der Waals surface area contributed by atoms with Gasteiger partial charge in [0.15, 0.2) is 0 Å². The van der Waals surface area contributed by atoms with Gasteiger partial charge in [0.2, 0.25) is 5.88 Å². The van der Waals surface area contributed by atoms with Crippen molar-refractivity contribution in [3.05, 3.63) is 35.8 Å². The lowest BCUT2D eigenvalue weighted by Gasteiger charge is -2.06. The van der Waals surface area contributed by atoms with Crippen LogP contribution >= 0.6 is 0 Å². The number of nitrogens with zero attached hydrogens (tertiary/aromatic N) is 3. The smallest absolute Gasteiger partial charge is 0.213 e. The van der Waals surface area contributed by atoms with E-state index in [4.69, 9.17) is 4.74 Å². The van der Waals surface area contributed by atoms with Crippen molar-refractivity contribution in [3.63, 3.8) is 0 Å². The van der Waals surface area contributed by atoms with Crippen molar-refractivity contribution in [1.82, 2.24) is 14.8 Å². The number of hydrogen-bond acceptors (Lipinski definition) is 4. The SMILES string of the molecule is CCc1nn(C)cc1NCc1cccc(OC)n1. The lowest BCUT2D eigenvalue weighted by molar-refractivity contribution is 0.396. The van der Waals surface area contributed by atoms with E-state index in [0.717, 1.165) is 23.5 Å². The minimum atomic E-state index is 0.635. The van der Waals surface area contributed by atoms with Crippen molar-refractivity contribution in [2.75, 3.05) is 12.4 Å². The summed E-state index contributed by atoms with van der Waals surface area (Å²) in [6, 6.07) is 5.75. The minimum absolute atomic E-state index is 0.635. The second-order valence-corrected chi connectivity index (χ2v) is 4.04. The van der Waals surface area contributed by atoms with Crippen LogP contribution in [-0.2, 0) is 20.0 Å². The van der Waals surface area contributed by atoms with Crippen LogP contribution in [0.1, 0.15) is 18.3 Å². The maximum Gasteiger partial charge on any atom is 0.213 e. The molecule has 0 radical (unpaired) electrons. The first-order valence-electron chi connectivity index (χ1n) is 5.99. The van der Waals surface area contributed by atoms with Crippen molar-refractivity contribution >= 4 is 5.69 Å². The molecular weight excluding hydrogens is 228 g/mol. The van der Waals surface area contributed by atoms with E-state index in [-0.39, 0.29) is 0 Å². The molecule has 96 valence electrons. The highest BCUT2D eigenvalue weighted by Gasteiger charge is 2.05. The van der Waals surface area contributed by atoms with Gasteiger partial charge in [0.1, 0.15) is 0 Å². The highest BCUT2D eigenvalue weighted by molar-refractivity contribution is 5.46. The van der Waals surface area contributed by atoms with Crippen LogP contribution < -0.4 is 10.1 Å². The Kier molecular flexibility index (Phi) is 3.82. The molecule has 5 heteroatoms. The van der Waals surface area contributed by atoms with Gasteiger partial charge in [0.25, 0.3) is 0 Å². The second kappa shape index (κ2) is 5.53. The molecule has 5 nitrogen and oxygen atoms in total. The molecule has 2 heterocycles. The number of methoxy groups -OCH3 is 1. The Hall–Kier alpha value is -2.04. The number of aromatic nitrogens is 3. The highest BCUT2D eigenvalue weighted by Crippen LogP contribution is 2.15. The largest absolute Gasteiger partial charge is 0.481 e. The molecule has 0 saturated carbocycles. The zero-order chi connectivity index (χ0) is 13.0. The van der Waals surface area contributed by atoms with Crippen molar-refractivity contribution < 1.29 is 4.74 Å². The van der Waals surface area contributed by atoms with Crippen LogP contribution in [0.5, 0.6) is 5.88 Å². The molecule has 0 amide bonds. The Morgan fingerprint density at radius 1 is 1.39 bits per heavy atom. The molecule has 0 spiro atoms. The van der Waals surface area contributed by atoms with Gasteiger partial charge in [0, 0.05) is 19.3 Å². The van der Waals surface area contributed by atoms with E-state index in [0.29, 0.717) is 12.4 Å². The predicted molar refractivity (Wildman–Crippen MR) is 70.7 cm³/mol. The van der Waals surface area contributed by atoms with E-state index in [1.54, 1.807) is 7.11 Å². The highest BCUT2D eigenvalue weighted by atomic mass is 16.5. The van der Waals surface area contributed by atoms with Crippen molar-refractivity contribution in [3.8, 4) is 5.88 Å². The average Bonchev–Trinajstić information content (AvgIpc) is 2.77. The summed E-state index contributed by atoms with van der Waals surface area (Å²) < 4.78 is 6.92. The third-order valence-corrected chi connectivity index (χ3v) is 2.69. The van der Waals surface area contributed by atoms with Crippen molar-refractivity contribution in [2.24, 2.45) is 7.05 Å². The molecule has 0 saturated heterocycles. The van der Waals surface area contributed by atoms with Gasteiger partial charge in [-0.3, -0.25) is 4.68 Å². The summed E-state index contributed by atoms with van der Waals surface area (Å²) in [5, 5.41) is 7.74. The molecule has 2 rings (SSSR count).